The average Bonchev–Trinajstić information content (AvgIpc) is 3.45. The maximum Gasteiger partial charge on any atom is 0.290 e. The van der Waals surface area contributed by atoms with Gasteiger partial charge in [0.05, 0.1) is 5.56 Å². The molecule has 0 bridgehead atoms. The van der Waals surface area contributed by atoms with Crippen molar-refractivity contribution in [3.05, 3.63) is 70.4 Å². The summed E-state index contributed by atoms with van der Waals surface area (Å²) in [4.78, 5) is 29.6. The Morgan fingerprint density at radius 3 is 2.38 bits per heavy atom. The number of phenolic OH excluding ortho intramolecular Hbond substituents is 1. The maximum atomic E-state index is 13.5. The van der Waals surface area contributed by atoms with E-state index in [1.807, 2.05) is 31.2 Å². The van der Waals surface area contributed by atoms with Crippen LogP contribution in [-0.4, -0.2) is 63.1 Å². The number of carbonyl (C=O) groups is 2. The van der Waals surface area contributed by atoms with E-state index in [0.29, 0.717) is 43.3 Å². The van der Waals surface area contributed by atoms with Crippen molar-refractivity contribution in [3.8, 4) is 5.75 Å². The van der Waals surface area contributed by atoms with Crippen molar-refractivity contribution in [1.29, 1.82) is 0 Å². The highest BCUT2D eigenvalue weighted by atomic mass is 32.2. The third kappa shape index (κ3) is 4.38. The SMILES string of the molecule is Cc1nnc(SCc2c(C(=O)N3CCN(C(=O)c4ccccc4O)CC3)oc3ccccc23)s1. The normalized spacial score (nSPS) is 14.0. The van der Waals surface area contributed by atoms with E-state index in [4.69, 9.17) is 4.42 Å². The number of hydrogen-bond acceptors (Lipinski definition) is 8. The minimum atomic E-state index is -0.238. The molecule has 0 unspecified atom stereocenters. The molecular formula is C24H22N4O4S2. The van der Waals surface area contributed by atoms with E-state index in [-0.39, 0.29) is 23.1 Å². The lowest BCUT2D eigenvalue weighted by Gasteiger charge is -2.34. The van der Waals surface area contributed by atoms with Gasteiger partial charge in [-0.1, -0.05) is 53.4 Å². The smallest absolute Gasteiger partial charge is 0.290 e. The highest BCUT2D eigenvalue weighted by molar-refractivity contribution is 8.00. The summed E-state index contributed by atoms with van der Waals surface area (Å²) < 4.78 is 6.86. The highest BCUT2D eigenvalue weighted by Crippen LogP contribution is 2.34. The van der Waals surface area contributed by atoms with Gasteiger partial charge in [0.2, 0.25) is 0 Å². The molecule has 1 aliphatic rings. The van der Waals surface area contributed by atoms with Crippen LogP contribution in [0.5, 0.6) is 5.75 Å². The topological polar surface area (TPSA) is 99.8 Å². The van der Waals surface area contributed by atoms with E-state index < -0.39 is 0 Å². The van der Waals surface area contributed by atoms with E-state index >= 15 is 0 Å². The molecule has 0 radical (unpaired) electrons. The maximum absolute atomic E-state index is 13.5. The monoisotopic (exact) mass is 494 g/mol. The van der Waals surface area contributed by atoms with Crippen LogP contribution in [-0.2, 0) is 5.75 Å². The Hall–Kier alpha value is -3.37. The molecule has 0 atom stereocenters. The fourth-order valence-corrected chi connectivity index (χ4v) is 5.81. The van der Waals surface area contributed by atoms with Crippen LogP contribution in [0.25, 0.3) is 11.0 Å². The van der Waals surface area contributed by atoms with E-state index in [2.05, 4.69) is 10.2 Å². The first-order chi connectivity index (χ1) is 16.5. The molecule has 1 aliphatic heterocycles. The zero-order chi connectivity index (χ0) is 23.7. The molecule has 2 aromatic carbocycles. The predicted octanol–water partition coefficient (Wildman–Crippen LogP) is 4.19. The minimum absolute atomic E-state index is 0.0407. The fraction of sp³-hybridized carbons (Fsp3) is 0.250. The lowest BCUT2D eigenvalue weighted by molar-refractivity contribution is 0.0517. The molecule has 10 heteroatoms. The van der Waals surface area contributed by atoms with Gasteiger partial charge in [-0.25, -0.2) is 0 Å². The summed E-state index contributed by atoms with van der Waals surface area (Å²) in [6, 6.07) is 14.1. The summed E-state index contributed by atoms with van der Waals surface area (Å²) in [6.45, 7) is 3.45. The molecule has 3 heterocycles. The number of furan rings is 1. The van der Waals surface area contributed by atoms with Gasteiger partial charge in [0.25, 0.3) is 11.8 Å². The van der Waals surface area contributed by atoms with Crippen LogP contribution in [0, 0.1) is 6.92 Å². The molecule has 2 amide bonds. The molecule has 34 heavy (non-hydrogen) atoms. The molecule has 0 saturated carbocycles. The lowest BCUT2D eigenvalue weighted by atomic mass is 10.1. The van der Waals surface area contributed by atoms with Gasteiger partial charge in [-0.2, -0.15) is 0 Å². The number of aromatic nitrogens is 2. The Bertz CT molecular complexity index is 1360. The molecule has 174 valence electrons. The molecule has 5 rings (SSSR count). The zero-order valence-electron chi connectivity index (χ0n) is 18.4. The molecular weight excluding hydrogens is 472 g/mol. The number of thioether (sulfide) groups is 1. The second-order valence-corrected chi connectivity index (χ2v) is 10.3. The average molecular weight is 495 g/mol. The minimum Gasteiger partial charge on any atom is -0.507 e. The molecule has 8 nitrogen and oxygen atoms in total. The summed E-state index contributed by atoms with van der Waals surface area (Å²) in [7, 11) is 0. The Kier molecular flexibility index (Phi) is 6.25. The second kappa shape index (κ2) is 9.47. The third-order valence-corrected chi connectivity index (χ3v) is 7.73. The molecule has 1 saturated heterocycles. The third-order valence-electron chi connectivity index (χ3n) is 5.73. The number of amides is 2. The summed E-state index contributed by atoms with van der Waals surface area (Å²) in [5, 5.41) is 20.0. The van der Waals surface area contributed by atoms with Gasteiger partial charge in [0.15, 0.2) is 10.1 Å². The molecule has 1 fully saturated rings. The van der Waals surface area contributed by atoms with Gasteiger partial charge in [-0.05, 0) is 25.1 Å². The number of aromatic hydroxyl groups is 1. The number of benzene rings is 2. The van der Waals surface area contributed by atoms with Crippen molar-refractivity contribution >= 4 is 45.9 Å². The van der Waals surface area contributed by atoms with Crippen LogP contribution in [0.1, 0.15) is 31.5 Å². The van der Waals surface area contributed by atoms with Gasteiger partial charge in [-0.3, -0.25) is 9.59 Å². The predicted molar refractivity (Wildman–Crippen MR) is 130 cm³/mol. The quantitative estimate of drug-likeness (QED) is 0.415. The molecule has 0 aliphatic carbocycles. The number of para-hydroxylation sites is 2. The molecule has 2 aromatic heterocycles. The highest BCUT2D eigenvalue weighted by Gasteiger charge is 2.30. The van der Waals surface area contributed by atoms with Crippen LogP contribution in [0.15, 0.2) is 57.3 Å². The molecule has 4 aromatic rings. The number of nitrogens with zero attached hydrogens (tertiary/aromatic N) is 4. The van der Waals surface area contributed by atoms with Crippen LogP contribution >= 0.6 is 23.1 Å². The summed E-state index contributed by atoms with van der Waals surface area (Å²) >= 11 is 3.05. The van der Waals surface area contributed by atoms with E-state index in [1.165, 1.54) is 29.2 Å². The van der Waals surface area contributed by atoms with Crippen molar-refractivity contribution in [2.45, 2.75) is 17.0 Å². The van der Waals surface area contributed by atoms with Crippen molar-refractivity contribution in [2.24, 2.45) is 0 Å². The van der Waals surface area contributed by atoms with Gasteiger partial charge in [-0.15, -0.1) is 10.2 Å². The Morgan fingerprint density at radius 1 is 1.00 bits per heavy atom. The van der Waals surface area contributed by atoms with Crippen molar-refractivity contribution < 1.29 is 19.1 Å². The Balaban J connectivity index is 1.33. The summed E-state index contributed by atoms with van der Waals surface area (Å²) in [5.41, 5.74) is 1.78. The standard InChI is InChI=1S/C24H22N4O4S2/c1-15-25-26-24(34-15)33-14-18-16-6-3-5-9-20(16)32-21(18)23(31)28-12-10-27(11-13-28)22(30)17-7-2-4-8-19(17)29/h2-9,29H,10-14H2,1H3. The first-order valence-corrected chi connectivity index (χ1v) is 12.6. The van der Waals surface area contributed by atoms with E-state index in [0.717, 1.165) is 20.3 Å². The van der Waals surface area contributed by atoms with E-state index in [1.54, 1.807) is 28.0 Å². The molecule has 0 spiro atoms. The first-order valence-electron chi connectivity index (χ1n) is 10.8. The number of fused-ring (bicyclic) bond motifs is 1. The number of phenols is 1. The van der Waals surface area contributed by atoms with E-state index in [9.17, 15) is 14.7 Å². The van der Waals surface area contributed by atoms with Crippen LogP contribution in [0.4, 0.5) is 0 Å². The fourth-order valence-electron chi connectivity index (χ4n) is 3.97. The van der Waals surface area contributed by atoms with Gasteiger partial charge < -0.3 is 19.3 Å². The summed E-state index contributed by atoms with van der Waals surface area (Å²) in [6.07, 6.45) is 0. The van der Waals surface area contributed by atoms with Crippen LogP contribution < -0.4 is 0 Å². The second-order valence-electron chi connectivity index (χ2n) is 7.88. The molecule has 1 N–H and O–H groups in total. The Morgan fingerprint density at radius 2 is 1.68 bits per heavy atom. The van der Waals surface area contributed by atoms with Crippen LogP contribution in [0.3, 0.4) is 0 Å². The van der Waals surface area contributed by atoms with Gasteiger partial charge >= 0.3 is 0 Å². The lowest BCUT2D eigenvalue weighted by Crippen LogP contribution is -2.50. The van der Waals surface area contributed by atoms with Crippen molar-refractivity contribution in [2.75, 3.05) is 26.2 Å². The van der Waals surface area contributed by atoms with Crippen LogP contribution in [0.2, 0.25) is 0 Å². The summed E-state index contributed by atoms with van der Waals surface area (Å²) in [5.74, 6) is 0.406. The Labute approximate surface area is 204 Å². The van der Waals surface area contributed by atoms with Crippen molar-refractivity contribution in [1.82, 2.24) is 20.0 Å². The first kappa shape index (κ1) is 22.4. The number of aryl methyl sites for hydroxylation is 1. The number of rotatable bonds is 5. The number of piperazine rings is 1. The zero-order valence-corrected chi connectivity index (χ0v) is 20.1. The van der Waals surface area contributed by atoms with Gasteiger partial charge in [0, 0.05) is 42.9 Å². The number of carbonyl (C=O) groups excluding carboxylic acids is 2. The van der Waals surface area contributed by atoms with Gasteiger partial charge in [0.1, 0.15) is 16.3 Å². The largest absolute Gasteiger partial charge is 0.507 e. The number of hydrogen-bond donors (Lipinski definition) is 1. The van der Waals surface area contributed by atoms with Crippen molar-refractivity contribution in [3.63, 3.8) is 0 Å².